The van der Waals surface area contributed by atoms with Crippen molar-refractivity contribution < 1.29 is 19.4 Å². The third-order valence-electron chi connectivity index (χ3n) is 2.52. The van der Waals surface area contributed by atoms with Crippen LogP contribution in [0.2, 0.25) is 0 Å². The number of esters is 1. The van der Waals surface area contributed by atoms with E-state index >= 15 is 0 Å². The summed E-state index contributed by atoms with van der Waals surface area (Å²) >= 11 is 1.51. The third kappa shape index (κ3) is 3.05. The van der Waals surface area contributed by atoms with Crippen LogP contribution in [0.25, 0.3) is 10.9 Å². The molecule has 0 aliphatic carbocycles. The molecule has 0 aliphatic rings. The van der Waals surface area contributed by atoms with Gasteiger partial charge in [0, 0.05) is 16.0 Å². The average Bonchev–Trinajstić information content (AvgIpc) is 2.81. The molecule has 0 aliphatic heterocycles. The van der Waals surface area contributed by atoms with E-state index in [1.807, 2.05) is 12.1 Å². The zero-order valence-electron chi connectivity index (χ0n) is 10.2. The maximum atomic E-state index is 11.0. The Labute approximate surface area is 113 Å². The maximum Gasteiger partial charge on any atom is 0.432 e. The first-order valence-electron chi connectivity index (χ1n) is 5.52. The Hall–Kier alpha value is -2.02. The Balaban J connectivity index is 2.10. The number of thioether (sulfide) groups is 1. The van der Waals surface area contributed by atoms with Gasteiger partial charge in [0.15, 0.2) is 0 Å². The fourth-order valence-electron chi connectivity index (χ4n) is 1.61. The van der Waals surface area contributed by atoms with Gasteiger partial charge in [-0.25, -0.2) is 4.79 Å². The van der Waals surface area contributed by atoms with Crippen molar-refractivity contribution in [1.82, 2.24) is 9.78 Å². The molecular formula is C12H12N2O4S. The molecule has 7 heteroatoms. The number of benzene rings is 1. The van der Waals surface area contributed by atoms with Gasteiger partial charge < -0.3 is 9.84 Å². The van der Waals surface area contributed by atoms with Crippen LogP contribution in [0.5, 0.6) is 0 Å². The van der Waals surface area contributed by atoms with Crippen LogP contribution < -0.4 is 0 Å². The minimum Gasteiger partial charge on any atom is -0.469 e. The molecule has 1 N–H and O–H groups in total. The third-order valence-corrected chi connectivity index (χ3v) is 3.52. The Morgan fingerprint density at radius 3 is 2.95 bits per heavy atom. The molecule has 0 saturated carbocycles. The number of hydrogen-bond donors (Lipinski definition) is 1. The van der Waals surface area contributed by atoms with E-state index in [2.05, 4.69) is 9.84 Å². The van der Waals surface area contributed by atoms with E-state index in [9.17, 15) is 9.59 Å². The van der Waals surface area contributed by atoms with E-state index in [0.29, 0.717) is 17.7 Å². The molecule has 0 amide bonds. The summed E-state index contributed by atoms with van der Waals surface area (Å²) < 4.78 is 5.49. The lowest BCUT2D eigenvalue weighted by molar-refractivity contribution is -0.140. The number of carbonyl (C=O) groups excluding carboxylic acids is 1. The van der Waals surface area contributed by atoms with Gasteiger partial charge in [-0.05, 0) is 18.2 Å². The number of methoxy groups -OCH3 is 1. The lowest BCUT2D eigenvalue weighted by Crippen LogP contribution is -2.08. The van der Waals surface area contributed by atoms with E-state index in [-0.39, 0.29) is 5.97 Å². The molecule has 1 aromatic carbocycles. The fourth-order valence-corrected chi connectivity index (χ4v) is 2.49. The van der Waals surface area contributed by atoms with Crippen LogP contribution in [0.15, 0.2) is 29.3 Å². The van der Waals surface area contributed by atoms with Gasteiger partial charge in [0.25, 0.3) is 0 Å². The van der Waals surface area contributed by atoms with E-state index in [4.69, 9.17) is 5.11 Å². The Morgan fingerprint density at radius 1 is 1.47 bits per heavy atom. The molecule has 1 aromatic heterocycles. The number of fused-ring (bicyclic) bond motifs is 1. The first-order valence-corrected chi connectivity index (χ1v) is 6.51. The first kappa shape index (κ1) is 13.4. The number of ether oxygens (including phenoxy) is 1. The minimum atomic E-state index is -1.11. The van der Waals surface area contributed by atoms with Crippen molar-refractivity contribution in [2.24, 2.45) is 0 Å². The summed E-state index contributed by atoms with van der Waals surface area (Å²) in [5, 5.41) is 13.5. The molecule has 19 heavy (non-hydrogen) atoms. The van der Waals surface area contributed by atoms with Gasteiger partial charge in [0.2, 0.25) is 0 Å². The standard InChI is InChI=1S/C12H12N2O4S/c1-18-11(15)4-5-19-9-2-3-10-8(6-9)7-13-14(10)12(16)17/h2-3,6-7H,4-5H2,1H3,(H,16,17). The fraction of sp³-hybridized carbons (Fsp3) is 0.250. The molecular weight excluding hydrogens is 268 g/mol. The molecule has 0 radical (unpaired) electrons. The second kappa shape index (κ2) is 5.75. The Bertz CT molecular complexity index is 623. The average molecular weight is 280 g/mol. The van der Waals surface area contributed by atoms with E-state index in [1.165, 1.54) is 25.1 Å². The molecule has 2 aromatic rings. The molecule has 0 atom stereocenters. The summed E-state index contributed by atoms with van der Waals surface area (Å²) in [6.45, 7) is 0. The second-order valence-corrected chi connectivity index (χ2v) is 4.90. The molecule has 1 heterocycles. The number of carbonyl (C=O) groups is 2. The molecule has 100 valence electrons. The summed E-state index contributed by atoms with van der Waals surface area (Å²) in [5.74, 6) is 0.373. The quantitative estimate of drug-likeness (QED) is 0.683. The number of nitrogens with zero attached hydrogens (tertiary/aromatic N) is 2. The second-order valence-electron chi connectivity index (χ2n) is 3.73. The Kier molecular flexibility index (Phi) is 4.06. The number of carboxylic acid groups (broad SMARTS) is 1. The van der Waals surface area contributed by atoms with Gasteiger partial charge in [-0.2, -0.15) is 9.78 Å². The first-order chi connectivity index (χ1) is 9.11. The summed E-state index contributed by atoms with van der Waals surface area (Å²) in [6.07, 6.45) is 0.739. The van der Waals surface area contributed by atoms with Crippen LogP contribution >= 0.6 is 11.8 Å². The van der Waals surface area contributed by atoms with Gasteiger partial charge in [-0.1, -0.05) is 0 Å². The molecule has 0 spiro atoms. The lowest BCUT2D eigenvalue weighted by atomic mass is 10.2. The predicted octanol–water partition coefficient (Wildman–Crippen LogP) is 2.22. The van der Waals surface area contributed by atoms with Crippen molar-refractivity contribution in [1.29, 1.82) is 0 Å². The van der Waals surface area contributed by atoms with Crippen molar-refractivity contribution in [3.05, 3.63) is 24.4 Å². The normalized spacial score (nSPS) is 10.6. The highest BCUT2D eigenvalue weighted by molar-refractivity contribution is 7.99. The van der Waals surface area contributed by atoms with Gasteiger partial charge in [-0.3, -0.25) is 4.79 Å². The van der Waals surface area contributed by atoms with Gasteiger partial charge in [0.1, 0.15) is 0 Å². The van der Waals surface area contributed by atoms with Crippen LogP contribution in [0.1, 0.15) is 6.42 Å². The molecule has 6 nitrogen and oxygen atoms in total. The van der Waals surface area contributed by atoms with Crippen molar-refractivity contribution in [2.45, 2.75) is 11.3 Å². The van der Waals surface area contributed by atoms with Crippen LogP contribution in [-0.4, -0.2) is 39.8 Å². The number of rotatable bonds is 4. The lowest BCUT2D eigenvalue weighted by Gasteiger charge is -2.02. The van der Waals surface area contributed by atoms with Crippen molar-refractivity contribution in [2.75, 3.05) is 12.9 Å². The van der Waals surface area contributed by atoms with Gasteiger partial charge in [0.05, 0.1) is 25.2 Å². The minimum absolute atomic E-state index is 0.243. The molecule has 2 rings (SSSR count). The summed E-state index contributed by atoms with van der Waals surface area (Å²) in [6, 6.07) is 5.37. The van der Waals surface area contributed by atoms with Crippen LogP contribution in [0, 0.1) is 0 Å². The number of aromatic nitrogens is 2. The zero-order valence-corrected chi connectivity index (χ0v) is 11.0. The topological polar surface area (TPSA) is 81.4 Å². The SMILES string of the molecule is COC(=O)CCSc1ccc2c(cnn2C(=O)O)c1. The highest BCUT2D eigenvalue weighted by Gasteiger charge is 2.09. The highest BCUT2D eigenvalue weighted by atomic mass is 32.2. The molecule has 0 bridgehead atoms. The van der Waals surface area contributed by atoms with Crippen LogP contribution in [0.3, 0.4) is 0 Å². The molecule has 0 saturated heterocycles. The summed E-state index contributed by atoms with van der Waals surface area (Å²) in [4.78, 5) is 22.8. The maximum absolute atomic E-state index is 11.0. The van der Waals surface area contributed by atoms with Crippen molar-refractivity contribution >= 4 is 34.7 Å². The van der Waals surface area contributed by atoms with Gasteiger partial charge in [-0.15, -0.1) is 11.8 Å². The molecule has 0 fully saturated rings. The van der Waals surface area contributed by atoms with Crippen LogP contribution in [-0.2, 0) is 9.53 Å². The Morgan fingerprint density at radius 2 is 2.26 bits per heavy atom. The summed E-state index contributed by atoms with van der Waals surface area (Å²) in [5.41, 5.74) is 0.546. The molecule has 0 unspecified atom stereocenters. The van der Waals surface area contributed by atoms with E-state index in [0.717, 1.165) is 15.0 Å². The monoisotopic (exact) mass is 280 g/mol. The smallest absolute Gasteiger partial charge is 0.432 e. The largest absolute Gasteiger partial charge is 0.469 e. The predicted molar refractivity (Wildman–Crippen MR) is 70.5 cm³/mol. The van der Waals surface area contributed by atoms with E-state index < -0.39 is 6.09 Å². The van der Waals surface area contributed by atoms with Crippen LogP contribution in [0.4, 0.5) is 4.79 Å². The van der Waals surface area contributed by atoms with Gasteiger partial charge >= 0.3 is 12.1 Å². The van der Waals surface area contributed by atoms with Crippen molar-refractivity contribution in [3.63, 3.8) is 0 Å². The number of hydrogen-bond acceptors (Lipinski definition) is 5. The van der Waals surface area contributed by atoms with E-state index in [1.54, 1.807) is 6.07 Å². The summed E-state index contributed by atoms with van der Waals surface area (Å²) in [7, 11) is 1.36. The van der Waals surface area contributed by atoms with Crippen molar-refractivity contribution in [3.8, 4) is 0 Å². The zero-order chi connectivity index (χ0) is 13.8. The highest BCUT2D eigenvalue weighted by Crippen LogP contribution is 2.24.